The Morgan fingerprint density at radius 1 is 1.35 bits per heavy atom. The van der Waals surface area contributed by atoms with Gasteiger partial charge in [-0.1, -0.05) is 18.2 Å². The maximum Gasteiger partial charge on any atom is 0.361 e. The van der Waals surface area contributed by atoms with E-state index in [1.165, 1.54) is 0 Å². The minimum absolute atomic E-state index is 0.217. The fourth-order valence-corrected chi connectivity index (χ4v) is 1.96. The first kappa shape index (κ1) is 14.2. The van der Waals surface area contributed by atoms with E-state index >= 15 is 0 Å². The van der Waals surface area contributed by atoms with Crippen LogP contribution < -0.4 is 0 Å². The molecule has 6 nitrogen and oxygen atoms in total. The monoisotopic (exact) mass is 274 g/mol. The van der Waals surface area contributed by atoms with Gasteiger partial charge in [0.1, 0.15) is 5.69 Å². The molecule has 20 heavy (non-hydrogen) atoms. The van der Waals surface area contributed by atoms with Crippen LogP contribution in [0.4, 0.5) is 0 Å². The standard InChI is InChI=1S/C14H18N4O2/c1-4-20-14(19)13-12(15-17-16-13)11-7-5-6-10(8-11)9-18(2)3/h5-8H,4,9H2,1-3H3,(H,15,16,17). The van der Waals surface area contributed by atoms with Crippen molar-refractivity contribution >= 4 is 5.97 Å². The van der Waals surface area contributed by atoms with Crippen LogP contribution in [-0.4, -0.2) is 47.0 Å². The molecule has 1 aromatic carbocycles. The van der Waals surface area contributed by atoms with Gasteiger partial charge in [0.05, 0.1) is 6.61 Å². The highest BCUT2D eigenvalue weighted by Crippen LogP contribution is 2.21. The molecule has 1 aromatic heterocycles. The van der Waals surface area contributed by atoms with Crippen LogP contribution in [0.25, 0.3) is 11.3 Å². The largest absolute Gasteiger partial charge is 0.461 e. The summed E-state index contributed by atoms with van der Waals surface area (Å²) in [6.07, 6.45) is 0. The lowest BCUT2D eigenvalue weighted by Gasteiger charge is -2.10. The van der Waals surface area contributed by atoms with E-state index in [1.54, 1.807) is 6.92 Å². The van der Waals surface area contributed by atoms with E-state index in [4.69, 9.17) is 4.74 Å². The van der Waals surface area contributed by atoms with E-state index in [-0.39, 0.29) is 5.69 Å². The highest BCUT2D eigenvalue weighted by molar-refractivity contribution is 5.93. The van der Waals surface area contributed by atoms with Crippen LogP contribution in [0.15, 0.2) is 24.3 Å². The molecule has 106 valence electrons. The molecule has 0 atom stereocenters. The van der Waals surface area contributed by atoms with Crippen LogP contribution in [0.2, 0.25) is 0 Å². The third-order valence-corrected chi connectivity index (χ3v) is 2.72. The summed E-state index contributed by atoms with van der Waals surface area (Å²) in [6, 6.07) is 7.88. The second kappa shape index (κ2) is 6.29. The van der Waals surface area contributed by atoms with Crippen molar-refractivity contribution in [3.05, 3.63) is 35.5 Å². The van der Waals surface area contributed by atoms with Crippen LogP contribution in [0.5, 0.6) is 0 Å². The molecule has 0 amide bonds. The zero-order valence-electron chi connectivity index (χ0n) is 11.9. The molecule has 0 aliphatic carbocycles. The lowest BCUT2D eigenvalue weighted by atomic mass is 10.1. The molecule has 0 unspecified atom stereocenters. The topological polar surface area (TPSA) is 71.1 Å². The van der Waals surface area contributed by atoms with Gasteiger partial charge in [0.2, 0.25) is 0 Å². The van der Waals surface area contributed by atoms with Crippen LogP contribution in [0.3, 0.4) is 0 Å². The van der Waals surface area contributed by atoms with Gasteiger partial charge in [-0.25, -0.2) is 4.79 Å². The van der Waals surface area contributed by atoms with Crippen molar-refractivity contribution in [2.24, 2.45) is 0 Å². The van der Waals surface area contributed by atoms with E-state index in [0.717, 1.165) is 17.7 Å². The smallest absolute Gasteiger partial charge is 0.361 e. The predicted molar refractivity (Wildman–Crippen MR) is 75.2 cm³/mol. The van der Waals surface area contributed by atoms with E-state index in [1.807, 2.05) is 38.4 Å². The number of carbonyl (C=O) groups excluding carboxylic acids is 1. The van der Waals surface area contributed by atoms with Gasteiger partial charge in [0.25, 0.3) is 0 Å². The molecule has 2 rings (SSSR count). The van der Waals surface area contributed by atoms with E-state index in [0.29, 0.717) is 12.3 Å². The summed E-state index contributed by atoms with van der Waals surface area (Å²) in [5, 5.41) is 10.4. The number of hydrogen-bond donors (Lipinski definition) is 1. The van der Waals surface area contributed by atoms with Crippen molar-refractivity contribution in [3.8, 4) is 11.3 Å². The Morgan fingerprint density at radius 2 is 2.15 bits per heavy atom. The number of aromatic amines is 1. The molecule has 0 saturated carbocycles. The number of carbonyl (C=O) groups is 1. The summed E-state index contributed by atoms with van der Waals surface area (Å²) in [5.41, 5.74) is 2.73. The Bertz CT molecular complexity index is 592. The van der Waals surface area contributed by atoms with Crippen molar-refractivity contribution in [2.45, 2.75) is 13.5 Å². The molecule has 0 bridgehead atoms. The third-order valence-electron chi connectivity index (χ3n) is 2.72. The quantitative estimate of drug-likeness (QED) is 0.840. The van der Waals surface area contributed by atoms with Crippen LogP contribution in [-0.2, 0) is 11.3 Å². The summed E-state index contributed by atoms with van der Waals surface area (Å²) < 4.78 is 4.97. The Labute approximate surface area is 117 Å². The predicted octanol–water partition coefficient (Wildman–Crippen LogP) is 1.71. The number of ether oxygens (including phenoxy) is 1. The Hall–Kier alpha value is -2.21. The Kier molecular flexibility index (Phi) is 4.47. The van der Waals surface area contributed by atoms with Gasteiger partial charge in [-0.2, -0.15) is 10.3 Å². The molecule has 0 aliphatic heterocycles. The molecule has 2 aromatic rings. The molecule has 6 heteroatoms. The molecule has 0 radical (unpaired) electrons. The first-order valence-corrected chi connectivity index (χ1v) is 6.43. The third kappa shape index (κ3) is 3.21. The number of esters is 1. The summed E-state index contributed by atoms with van der Waals surface area (Å²) in [4.78, 5) is 13.9. The molecular formula is C14H18N4O2. The van der Waals surface area contributed by atoms with Gasteiger partial charge in [0.15, 0.2) is 5.69 Å². The van der Waals surface area contributed by atoms with Gasteiger partial charge >= 0.3 is 5.97 Å². The summed E-state index contributed by atoms with van der Waals surface area (Å²) in [6.45, 7) is 2.89. The first-order valence-electron chi connectivity index (χ1n) is 6.43. The summed E-state index contributed by atoms with van der Waals surface area (Å²) in [5.74, 6) is -0.464. The van der Waals surface area contributed by atoms with Crippen molar-refractivity contribution < 1.29 is 9.53 Å². The van der Waals surface area contributed by atoms with Gasteiger partial charge < -0.3 is 9.64 Å². The van der Waals surface area contributed by atoms with Gasteiger partial charge in [-0.3, -0.25) is 0 Å². The number of rotatable bonds is 5. The number of aromatic nitrogens is 3. The average molecular weight is 274 g/mol. The van der Waals surface area contributed by atoms with Crippen molar-refractivity contribution in [2.75, 3.05) is 20.7 Å². The lowest BCUT2D eigenvalue weighted by Crippen LogP contribution is -2.10. The second-order valence-electron chi connectivity index (χ2n) is 4.68. The van der Waals surface area contributed by atoms with E-state index in [2.05, 4.69) is 20.3 Å². The zero-order valence-corrected chi connectivity index (χ0v) is 11.9. The normalized spacial score (nSPS) is 10.8. The summed E-state index contributed by atoms with van der Waals surface area (Å²) >= 11 is 0. The van der Waals surface area contributed by atoms with Gasteiger partial charge in [-0.05, 0) is 32.6 Å². The van der Waals surface area contributed by atoms with Crippen molar-refractivity contribution in [3.63, 3.8) is 0 Å². The Morgan fingerprint density at radius 3 is 2.85 bits per heavy atom. The van der Waals surface area contributed by atoms with E-state index in [9.17, 15) is 4.79 Å². The van der Waals surface area contributed by atoms with E-state index < -0.39 is 5.97 Å². The Balaban J connectivity index is 2.32. The number of nitrogens with one attached hydrogen (secondary N) is 1. The molecule has 0 aliphatic rings. The van der Waals surface area contributed by atoms with Crippen molar-refractivity contribution in [1.29, 1.82) is 0 Å². The minimum Gasteiger partial charge on any atom is -0.461 e. The molecule has 1 heterocycles. The van der Waals surface area contributed by atoms with Gasteiger partial charge in [0, 0.05) is 12.1 Å². The highest BCUT2D eigenvalue weighted by atomic mass is 16.5. The number of nitrogens with zero attached hydrogens (tertiary/aromatic N) is 3. The minimum atomic E-state index is -0.464. The van der Waals surface area contributed by atoms with Crippen molar-refractivity contribution in [1.82, 2.24) is 20.3 Å². The maximum atomic E-state index is 11.8. The maximum absolute atomic E-state index is 11.8. The number of benzene rings is 1. The molecule has 1 N–H and O–H groups in total. The SMILES string of the molecule is CCOC(=O)c1n[nH]nc1-c1cccc(CN(C)C)c1. The molecule has 0 saturated heterocycles. The molecular weight excluding hydrogens is 256 g/mol. The van der Waals surface area contributed by atoms with Crippen LogP contribution in [0.1, 0.15) is 23.0 Å². The van der Waals surface area contributed by atoms with Crippen LogP contribution in [0, 0.1) is 0 Å². The fraction of sp³-hybridized carbons (Fsp3) is 0.357. The summed E-state index contributed by atoms with van der Waals surface area (Å²) in [7, 11) is 4.01. The van der Waals surface area contributed by atoms with Crippen LogP contribution >= 0.6 is 0 Å². The average Bonchev–Trinajstić information content (AvgIpc) is 2.87. The number of hydrogen-bond acceptors (Lipinski definition) is 5. The fourth-order valence-electron chi connectivity index (χ4n) is 1.96. The lowest BCUT2D eigenvalue weighted by molar-refractivity contribution is 0.0520. The van der Waals surface area contributed by atoms with Gasteiger partial charge in [-0.15, -0.1) is 5.10 Å². The zero-order chi connectivity index (χ0) is 14.5. The first-order chi connectivity index (χ1) is 9.61. The second-order valence-corrected chi connectivity index (χ2v) is 4.68. The highest BCUT2D eigenvalue weighted by Gasteiger charge is 2.19. The molecule has 0 spiro atoms. The number of H-pyrrole nitrogens is 1. The molecule has 0 fully saturated rings.